The lowest BCUT2D eigenvalue weighted by Gasteiger charge is -2.40. The smallest absolute Gasteiger partial charge is 0.254 e. The summed E-state index contributed by atoms with van der Waals surface area (Å²) in [5.41, 5.74) is 3.68. The van der Waals surface area contributed by atoms with Crippen LogP contribution in [0.2, 0.25) is 0 Å². The van der Waals surface area contributed by atoms with E-state index in [-0.39, 0.29) is 11.9 Å². The highest BCUT2D eigenvalue weighted by atomic mass is 16.5. The van der Waals surface area contributed by atoms with Crippen LogP contribution in [-0.2, 0) is 0 Å². The fourth-order valence-electron chi connectivity index (χ4n) is 5.93. The number of piperazine rings is 1. The second kappa shape index (κ2) is 9.65. The molecule has 0 N–H and O–H groups in total. The molecule has 1 saturated carbocycles. The number of nitrogens with zero attached hydrogens (tertiary/aromatic N) is 6. The molecule has 4 aromatic rings. The van der Waals surface area contributed by atoms with Crippen molar-refractivity contribution in [3.8, 4) is 5.75 Å². The van der Waals surface area contributed by atoms with E-state index in [0.29, 0.717) is 31.1 Å². The maximum Gasteiger partial charge on any atom is 0.254 e. The van der Waals surface area contributed by atoms with Gasteiger partial charge in [0.25, 0.3) is 5.91 Å². The Morgan fingerprint density at radius 2 is 1.78 bits per heavy atom. The number of hydrogen-bond acceptors (Lipinski definition) is 6. The molecule has 192 valence electrons. The normalized spacial score (nSPS) is 19.1. The Labute approximate surface area is 217 Å². The van der Waals surface area contributed by atoms with Crippen LogP contribution >= 0.6 is 0 Å². The van der Waals surface area contributed by atoms with Gasteiger partial charge in [-0.05, 0) is 63.1 Å². The second-order valence-corrected chi connectivity index (χ2v) is 10.5. The Morgan fingerprint density at radius 3 is 2.51 bits per heavy atom. The van der Waals surface area contributed by atoms with Crippen LogP contribution in [0.4, 0.5) is 5.95 Å². The number of amides is 1. The van der Waals surface area contributed by atoms with E-state index in [4.69, 9.17) is 19.9 Å². The number of anilines is 1. The minimum Gasteiger partial charge on any atom is -0.497 e. The highest BCUT2D eigenvalue weighted by molar-refractivity contribution is 5.95. The van der Waals surface area contributed by atoms with Crippen molar-refractivity contribution < 1.29 is 9.53 Å². The second-order valence-electron chi connectivity index (χ2n) is 10.5. The van der Waals surface area contributed by atoms with Gasteiger partial charge in [-0.1, -0.05) is 30.9 Å². The monoisotopic (exact) mass is 498 g/mol. The van der Waals surface area contributed by atoms with E-state index in [0.717, 1.165) is 46.9 Å². The molecule has 0 bridgehead atoms. The number of fused-ring (bicyclic) bond motifs is 3. The van der Waals surface area contributed by atoms with Gasteiger partial charge in [0.05, 0.1) is 12.6 Å². The first-order valence-electron chi connectivity index (χ1n) is 13.4. The van der Waals surface area contributed by atoms with Crippen LogP contribution in [0.5, 0.6) is 5.75 Å². The molecule has 2 fully saturated rings. The highest BCUT2D eigenvalue weighted by Gasteiger charge is 2.32. The lowest BCUT2D eigenvalue weighted by atomic mass is 9.89. The number of rotatable bonds is 4. The summed E-state index contributed by atoms with van der Waals surface area (Å²) < 4.78 is 7.46. The number of aromatic nitrogens is 4. The molecule has 8 heteroatoms. The quantitative estimate of drug-likeness (QED) is 0.394. The molecule has 2 aromatic heterocycles. The third kappa shape index (κ3) is 4.28. The lowest BCUT2D eigenvalue weighted by molar-refractivity contribution is 0.0673. The van der Waals surface area contributed by atoms with Crippen LogP contribution in [0.3, 0.4) is 0 Å². The molecule has 6 rings (SSSR count). The van der Waals surface area contributed by atoms with Crippen LogP contribution in [0, 0.1) is 6.92 Å². The Morgan fingerprint density at radius 1 is 1.00 bits per heavy atom. The Bertz CT molecular complexity index is 1440. The average Bonchev–Trinajstić information content (AvgIpc) is 3.38. The van der Waals surface area contributed by atoms with Gasteiger partial charge in [0.15, 0.2) is 5.65 Å². The molecule has 2 aliphatic rings. The van der Waals surface area contributed by atoms with Gasteiger partial charge in [-0.25, -0.2) is 9.38 Å². The van der Waals surface area contributed by atoms with E-state index < -0.39 is 0 Å². The van der Waals surface area contributed by atoms with Crippen molar-refractivity contribution >= 4 is 28.4 Å². The first kappa shape index (κ1) is 23.7. The standard InChI is InChI=1S/C29H34N6O2/c1-19-9-14-25-24(17-19)27-32-31-26(21-7-5-4-6-8-21)35(27)29(30-25)33-15-16-34(20(2)18-33)28(36)22-10-12-23(37-3)13-11-22/h9-14,17,20-21H,4-8,15-16,18H2,1-3H3/t20-/m1/s1. The summed E-state index contributed by atoms with van der Waals surface area (Å²) >= 11 is 0. The molecule has 8 nitrogen and oxygen atoms in total. The maximum atomic E-state index is 13.3. The summed E-state index contributed by atoms with van der Waals surface area (Å²) in [4.78, 5) is 22.8. The molecule has 1 aliphatic carbocycles. The number of ether oxygens (including phenoxy) is 1. The molecule has 2 aromatic carbocycles. The fourth-order valence-corrected chi connectivity index (χ4v) is 5.93. The van der Waals surface area contributed by atoms with Crippen molar-refractivity contribution in [3.05, 3.63) is 59.4 Å². The largest absolute Gasteiger partial charge is 0.497 e. The van der Waals surface area contributed by atoms with E-state index in [1.165, 1.54) is 24.8 Å². The Balaban J connectivity index is 1.35. The van der Waals surface area contributed by atoms with Crippen LogP contribution in [-0.4, -0.2) is 63.2 Å². The molecule has 0 spiro atoms. The zero-order valence-electron chi connectivity index (χ0n) is 21.9. The first-order chi connectivity index (χ1) is 18.0. The van der Waals surface area contributed by atoms with Crippen molar-refractivity contribution in [2.45, 2.75) is 57.9 Å². The summed E-state index contributed by atoms with van der Waals surface area (Å²) in [7, 11) is 1.63. The number of benzene rings is 2. The van der Waals surface area contributed by atoms with E-state index in [1.54, 1.807) is 7.11 Å². The minimum absolute atomic E-state index is 0.0310. The van der Waals surface area contributed by atoms with Gasteiger partial charge in [-0.3, -0.25) is 4.79 Å². The number of carbonyl (C=O) groups excluding carboxylic acids is 1. The lowest BCUT2D eigenvalue weighted by Crippen LogP contribution is -2.54. The van der Waals surface area contributed by atoms with E-state index in [2.05, 4.69) is 41.3 Å². The number of methoxy groups -OCH3 is 1. The summed E-state index contributed by atoms with van der Waals surface area (Å²) in [6.07, 6.45) is 6.05. The van der Waals surface area contributed by atoms with Gasteiger partial charge in [0, 0.05) is 42.5 Å². The Kier molecular flexibility index (Phi) is 6.18. The summed E-state index contributed by atoms with van der Waals surface area (Å²) in [5, 5.41) is 10.5. The van der Waals surface area contributed by atoms with Crippen LogP contribution in [0.25, 0.3) is 16.6 Å². The van der Waals surface area contributed by atoms with E-state index in [9.17, 15) is 4.79 Å². The fraction of sp³-hybridized carbons (Fsp3) is 0.448. The molecule has 1 amide bonds. The molecule has 3 heterocycles. The Hall–Kier alpha value is -3.68. The van der Waals surface area contributed by atoms with Gasteiger partial charge in [-0.15, -0.1) is 10.2 Å². The third-order valence-corrected chi connectivity index (χ3v) is 7.98. The predicted molar refractivity (Wildman–Crippen MR) is 145 cm³/mol. The van der Waals surface area contributed by atoms with Crippen LogP contribution < -0.4 is 9.64 Å². The van der Waals surface area contributed by atoms with Gasteiger partial charge in [-0.2, -0.15) is 0 Å². The molecule has 0 unspecified atom stereocenters. The molecule has 0 radical (unpaired) electrons. The summed E-state index contributed by atoms with van der Waals surface area (Å²) in [6, 6.07) is 13.7. The molecule has 1 saturated heterocycles. The van der Waals surface area contributed by atoms with E-state index >= 15 is 0 Å². The zero-order chi connectivity index (χ0) is 25.5. The maximum absolute atomic E-state index is 13.3. The van der Waals surface area contributed by atoms with Crippen LogP contribution in [0.15, 0.2) is 42.5 Å². The number of carbonyl (C=O) groups is 1. The zero-order valence-corrected chi connectivity index (χ0v) is 21.9. The van der Waals surface area contributed by atoms with Crippen molar-refractivity contribution in [2.75, 3.05) is 31.6 Å². The number of aryl methyl sites for hydroxylation is 1. The average molecular weight is 499 g/mol. The third-order valence-electron chi connectivity index (χ3n) is 7.98. The molecular weight excluding hydrogens is 464 g/mol. The van der Waals surface area contributed by atoms with Crippen molar-refractivity contribution in [3.63, 3.8) is 0 Å². The summed E-state index contributed by atoms with van der Waals surface area (Å²) in [6.45, 7) is 6.24. The van der Waals surface area contributed by atoms with Gasteiger partial charge in [0.2, 0.25) is 5.95 Å². The topological polar surface area (TPSA) is 75.9 Å². The molecule has 37 heavy (non-hydrogen) atoms. The molecular formula is C29H34N6O2. The molecule has 1 atom stereocenters. The SMILES string of the molecule is COc1ccc(C(=O)N2CCN(c3nc4ccc(C)cc4c4nnc(C5CCCCC5)n34)C[C@H]2C)cc1. The highest BCUT2D eigenvalue weighted by Crippen LogP contribution is 2.35. The van der Waals surface area contributed by atoms with Crippen molar-refractivity contribution in [1.29, 1.82) is 0 Å². The van der Waals surface area contributed by atoms with Gasteiger partial charge in [0.1, 0.15) is 11.6 Å². The predicted octanol–water partition coefficient (Wildman–Crippen LogP) is 4.99. The molecule has 1 aliphatic heterocycles. The summed E-state index contributed by atoms with van der Waals surface area (Å²) in [5.74, 6) is 3.13. The van der Waals surface area contributed by atoms with Crippen molar-refractivity contribution in [1.82, 2.24) is 24.5 Å². The van der Waals surface area contributed by atoms with E-state index in [1.807, 2.05) is 29.2 Å². The van der Waals surface area contributed by atoms with Crippen molar-refractivity contribution in [2.24, 2.45) is 0 Å². The van der Waals surface area contributed by atoms with Gasteiger partial charge < -0.3 is 14.5 Å². The minimum atomic E-state index is 0.0310. The first-order valence-corrected chi connectivity index (χ1v) is 13.4. The number of hydrogen-bond donors (Lipinski definition) is 0. The van der Waals surface area contributed by atoms with Gasteiger partial charge >= 0.3 is 0 Å². The van der Waals surface area contributed by atoms with Crippen LogP contribution in [0.1, 0.15) is 66.7 Å².